The summed E-state index contributed by atoms with van der Waals surface area (Å²) >= 11 is 0. The van der Waals surface area contributed by atoms with Gasteiger partial charge in [0.25, 0.3) is 0 Å². The number of hydrogen-bond acceptors (Lipinski definition) is 2. The van der Waals surface area contributed by atoms with Crippen LogP contribution in [0.5, 0.6) is 0 Å². The summed E-state index contributed by atoms with van der Waals surface area (Å²) in [6.45, 7) is 2.22. The quantitative estimate of drug-likeness (QED) is 0.273. The monoisotopic (exact) mass is 296 g/mol. The molecule has 1 atom stereocenters. The zero-order valence-corrected chi connectivity index (χ0v) is 13.5. The fourth-order valence-corrected chi connectivity index (χ4v) is 2.19. The Bertz CT molecular complexity index is 295. The van der Waals surface area contributed by atoms with Crippen molar-refractivity contribution in [2.24, 2.45) is 0 Å². The van der Waals surface area contributed by atoms with Gasteiger partial charge in [-0.1, -0.05) is 63.7 Å². The molecule has 0 aliphatic carbocycles. The molecule has 0 rings (SSSR count). The lowest BCUT2D eigenvalue weighted by atomic mass is 10.1. The van der Waals surface area contributed by atoms with Crippen LogP contribution in [0.25, 0.3) is 0 Å². The third-order valence-corrected chi connectivity index (χ3v) is 3.46. The van der Waals surface area contributed by atoms with Crippen molar-refractivity contribution in [2.75, 3.05) is 0 Å². The number of rotatable bonds is 14. The van der Waals surface area contributed by atoms with Gasteiger partial charge in [-0.2, -0.15) is 0 Å². The van der Waals surface area contributed by atoms with E-state index in [1.54, 1.807) is 6.08 Å². The van der Waals surface area contributed by atoms with E-state index in [0.717, 1.165) is 38.5 Å². The van der Waals surface area contributed by atoms with Crippen LogP contribution in [0.1, 0.15) is 77.6 Å². The van der Waals surface area contributed by atoms with Gasteiger partial charge in [0.15, 0.2) is 0 Å². The number of aliphatic hydroxyl groups excluding tert-OH is 1. The van der Waals surface area contributed by atoms with Crippen molar-refractivity contribution >= 4 is 5.97 Å². The van der Waals surface area contributed by atoms with Gasteiger partial charge in [-0.15, -0.1) is 0 Å². The largest absolute Gasteiger partial charge is 0.478 e. The molecule has 3 heteroatoms. The molecular formula is C18H32O3. The number of carboxylic acids is 1. The number of aliphatic hydroxyl groups is 1. The second-order valence-electron chi connectivity index (χ2n) is 5.58. The van der Waals surface area contributed by atoms with Crippen molar-refractivity contribution in [3.05, 3.63) is 24.3 Å². The lowest BCUT2D eigenvalue weighted by Gasteiger charge is -2.05. The van der Waals surface area contributed by atoms with Crippen LogP contribution in [0.2, 0.25) is 0 Å². The van der Waals surface area contributed by atoms with Gasteiger partial charge in [-0.3, -0.25) is 0 Å². The van der Waals surface area contributed by atoms with Gasteiger partial charge < -0.3 is 10.2 Å². The van der Waals surface area contributed by atoms with E-state index in [0.29, 0.717) is 0 Å². The Labute approximate surface area is 129 Å². The summed E-state index contributed by atoms with van der Waals surface area (Å²) in [4.78, 5) is 10.2. The maximum Gasteiger partial charge on any atom is 0.327 e. The molecule has 0 heterocycles. The molecule has 122 valence electrons. The van der Waals surface area contributed by atoms with Crippen molar-refractivity contribution in [1.82, 2.24) is 0 Å². The lowest BCUT2D eigenvalue weighted by Crippen LogP contribution is -2.01. The minimum absolute atomic E-state index is 0.303. The van der Waals surface area contributed by atoms with Gasteiger partial charge >= 0.3 is 5.97 Å². The third kappa shape index (κ3) is 16.9. The Morgan fingerprint density at radius 3 is 2.24 bits per heavy atom. The Balaban J connectivity index is 3.37. The average Bonchev–Trinajstić information content (AvgIpc) is 2.45. The van der Waals surface area contributed by atoms with Crippen molar-refractivity contribution in [2.45, 2.75) is 83.7 Å². The predicted octanol–water partition coefficient (Wildman–Crippen LogP) is 4.86. The molecule has 0 saturated carbocycles. The maximum atomic E-state index is 10.2. The summed E-state index contributed by atoms with van der Waals surface area (Å²) in [6.07, 6.45) is 18.7. The first-order valence-corrected chi connectivity index (χ1v) is 8.41. The fraction of sp³-hybridized carbons (Fsp3) is 0.722. The van der Waals surface area contributed by atoms with E-state index in [1.807, 2.05) is 12.2 Å². The molecule has 3 nitrogen and oxygen atoms in total. The van der Waals surface area contributed by atoms with E-state index in [2.05, 4.69) is 6.92 Å². The molecule has 2 N–H and O–H groups in total. The van der Waals surface area contributed by atoms with E-state index in [1.165, 1.54) is 38.2 Å². The molecule has 0 aromatic heterocycles. The zero-order chi connectivity index (χ0) is 15.8. The molecule has 0 fully saturated rings. The van der Waals surface area contributed by atoms with Gasteiger partial charge in [0.2, 0.25) is 0 Å². The summed E-state index contributed by atoms with van der Waals surface area (Å²) in [5, 5.41) is 18.2. The van der Waals surface area contributed by atoms with Crippen LogP contribution < -0.4 is 0 Å². The smallest absolute Gasteiger partial charge is 0.327 e. The van der Waals surface area contributed by atoms with E-state index in [-0.39, 0.29) is 6.10 Å². The number of aliphatic carboxylic acids is 1. The lowest BCUT2D eigenvalue weighted by molar-refractivity contribution is -0.131. The number of unbranched alkanes of at least 4 members (excludes halogenated alkanes) is 8. The Kier molecular flexibility index (Phi) is 14.5. The second-order valence-corrected chi connectivity index (χ2v) is 5.58. The summed E-state index contributed by atoms with van der Waals surface area (Å²) < 4.78 is 0. The molecular weight excluding hydrogens is 264 g/mol. The maximum absolute atomic E-state index is 10.2. The molecule has 0 aromatic rings. The summed E-state index contributed by atoms with van der Waals surface area (Å²) in [6, 6.07) is 0. The van der Waals surface area contributed by atoms with E-state index < -0.39 is 5.97 Å². The van der Waals surface area contributed by atoms with Crippen molar-refractivity contribution < 1.29 is 15.0 Å². The van der Waals surface area contributed by atoms with Crippen LogP contribution in [-0.2, 0) is 4.79 Å². The normalized spacial score (nSPS) is 13.2. The Morgan fingerprint density at radius 1 is 0.952 bits per heavy atom. The van der Waals surface area contributed by atoms with Gasteiger partial charge in [0.05, 0.1) is 6.10 Å². The molecule has 21 heavy (non-hydrogen) atoms. The second kappa shape index (κ2) is 15.3. The molecule has 0 spiro atoms. The number of hydrogen-bond donors (Lipinski definition) is 2. The number of carboxylic acid groups (broad SMARTS) is 1. The average molecular weight is 296 g/mol. The number of carbonyl (C=O) groups is 1. The molecule has 0 aliphatic rings. The highest BCUT2D eigenvalue weighted by Gasteiger charge is 1.98. The molecule has 1 unspecified atom stereocenters. The molecule has 0 bridgehead atoms. The van der Waals surface area contributed by atoms with Gasteiger partial charge in [-0.05, 0) is 32.1 Å². The molecule has 0 aliphatic heterocycles. The van der Waals surface area contributed by atoms with Crippen LogP contribution in [0, 0.1) is 0 Å². The van der Waals surface area contributed by atoms with Crippen molar-refractivity contribution in [3.8, 4) is 0 Å². The topological polar surface area (TPSA) is 57.5 Å². The van der Waals surface area contributed by atoms with E-state index in [9.17, 15) is 9.90 Å². The molecule has 0 aromatic carbocycles. The minimum Gasteiger partial charge on any atom is -0.478 e. The Hall–Kier alpha value is -1.09. The third-order valence-electron chi connectivity index (χ3n) is 3.46. The highest BCUT2D eigenvalue weighted by Crippen LogP contribution is 2.10. The SMILES string of the molecule is CCCCCCCCC(O)C=CCCCCC=CC(=O)O. The highest BCUT2D eigenvalue weighted by molar-refractivity contribution is 5.79. The van der Waals surface area contributed by atoms with Crippen molar-refractivity contribution in [1.29, 1.82) is 0 Å². The van der Waals surface area contributed by atoms with E-state index in [4.69, 9.17) is 5.11 Å². The first-order chi connectivity index (χ1) is 10.2. The molecule has 0 saturated heterocycles. The summed E-state index contributed by atoms with van der Waals surface area (Å²) in [5.41, 5.74) is 0. The van der Waals surface area contributed by atoms with Gasteiger partial charge in [0, 0.05) is 6.08 Å². The standard InChI is InChI=1S/C18H32O3/c1-2-3-4-5-8-11-14-17(19)15-12-9-6-7-10-13-16-18(20)21/h12-13,15-17,19H,2-11,14H2,1H3,(H,20,21). The van der Waals surface area contributed by atoms with Gasteiger partial charge in [0.1, 0.15) is 0 Å². The summed E-state index contributed by atoms with van der Waals surface area (Å²) in [7, 11) is 0. The fourth-order valence-electron chi connectivity index (χ4n) is 2.19. The van der Waals surface area contributed by atoms with Gasteiger partial charge in [-0.25, -0.2) is 4.79 Å². The van der Waals surface area contributed by atoms with E-state index >= 15 is 0 Å². The zero-order valence-electron chi connectivity index (χ0n) is 13.5. The van der Waals surface area contributed by atoms with Crippen LogP contribution in [0.4, 0.5) is 0 Å². The first kappa shape index (κ1) is 19.9. The summed E-state index contributed by atoms with van der Waals surface area (Å²) in [5.74, 6) is -0.882. The van der Waals surface area contributed by atoms with Crippen LogP contribution >= 0.6 is 0 Å². The highest BCUT2D eigenvalue weighted by atomic mass is 16.4. The minimum atomic E-state index is -0.882. The van der Waals surface area contributed by atoms with Crippen LogP contribution in [-0.4, -0.2) is 22.3 Å². The molecule has 0 amide bonds. The van der Waals surface area contributed by atoms with Crippen LogP contribution in [0.3, 0.4) is 0 Å². The van der Waals surface area contributed by atoms with Crippen LogP contribution in [0.15, 0.2) is 24.3 Å². The first-order valence-electron chi connectivity index (χ1n) is 8.41. The molecule has 0 radical (unpaired) electrons. The Morgan fingerprint density at radius 2 is 1.57 bits per heavy atom. The number of allylic oxidation sites excluding steroid dienone is 2. The predicted molar refractivity (Wildman–Crippen MR) is 88.4 cm³/mol. The van der Waals surface area contributed by atoms with Crippen molar-refractivity contribution in [3.63, 3.8) is 0 Å².